The zero-order valence-electron chi connectivity index (χ0n) is 18.7. The summed E-state index contributed by atoms with van der Waals surface area (Å²) in [5.41, 5.74) is 2.72. The summed E-state index contributed by atoms with van der Waals surface area (Å²) in [5, 5.41) is 39.8. The van der Waals surface area contributed by atoms with Crippen LogP contribution in [-0.4, -0.2) is 67.8 Å². The number of para-hydroxylation sites is 2. The second kappa shape index (κ2) is 8.47. The summed E-state index contributed by atoms with van der Waals surface area (Å²) in [7, 11) is 0. The Kier molecular flexibility index (Phi) is 5.27. The number of aromatic nitrogens is 2. The molecule has 35 heavy (non-hydrogen) atoms. The van der Waals surface area contributed by atoms with Crippen LogP contribution in [0.1, 0.15) is 16.4 Å². The van der Waals surface area contributed by atoms with Crippen molar-refractivity contribution in [2.45, 2.75) is 6.42 Å². The first-order chi connectivity index (χ1) is 17.0. The molecule has 2 aliphatic heterocycles. The Morgan fingerprint density at radius 2 is 1.14 bits per heavy atom. The second-order valence-corrected chi connectivity index (χ2v) is 10.6. The van der Waals surface area contributed by atoms with Crippen molar-refractivity contribution in [1.29, 1.82) is 10.8 Å². The van der Waals surface area contributed by atoms with Gasteiger partial charge < -0.3 is 20.0 Å². The SMILES string of the molecule is N=C1C(c2nc3ccccc3s2)=C(O)CN1CCCN1CC(O)=C(c2nc3ccccc3s2)C1=N. The Labute approximate surface area is 209 Å². The number of thiazole rings is 2. The Bertz CT molecular complexity index is 1380. The molecule has 0 amide bonds. The first-order valence-electron chi connectivity index (χ1n) is 11.2. The molecule has 0 saturated heterocycles. The van der Waals surface area contributed by atoms with Crippen molar-refractivity contribution in [2.24, 2.45) is 0 Å². The Morgan fingerprint density at radius 1 is 0.714 bits per heavy atom. The van der Waals surface area contributed by atoms with Gasteiger partial charge in [-0.25, -0.2) is 9.97 Å². The molecular weight excluding hydrogens is 480 g/mol. The number of aliphatic hydroxyl groups excluding tert-OH is 2. The molecule has 2 aliphatic rings. The van der Waals surface area contributed by atoms with Gasteiger partial charge in [-0.05, 0) is 30.7 Å². The minimum absolute atomic E-state index is 0.167. The number of nitrogens with zero attached hydrogens (tertiary/aromatic N) is 4. The van der Waals surface area contributed by atoms with E-state index in [9.17, 15) is 10.2 Å². The predicted octanol–water partition coefficient (Wildman–Crippen LogP) is 5.12. The van der Waals surface area contributed by atoms with Crippen LogP contribution < -0.4 is 0 Å². The highest BCUT2D eigenvalue weighted by atomic mass is 32.1. The zero-order chi connectivity index (χ0) is 24.1. The highest BCUT2D eigenvalue weighted by Gasteiger charge is 2.32. The first kappa shape index (κ1) is 21.8. The van der Waals surface area contributed by atoms with Crippen LogP contribution in [0.25, 0.3) is 31.6 Å². The number of amidine groups is 2. The van der Waals surface area contributed by atoms with E-state index in [0.29, 0.717) is 40.7 Å². The Morgan fingerprint density at radius 3 is 1.57 bits per heavy atom. The van der Waals surface area contributed by atoms with Crippen molar-refractivity contribution in [3.8, 4) is 0 Å². The Hall–Kier alpha value is -3.76. The fourth-order valence-electron chi connectivity index (χ4n) is 4.51. The van der Waals surface area contributed by atoms with Crippen molar-refractivity contribution in [1.82, 2.24) is 19.8 Å². The van der Waals surface area contributed by atoms with E-state index in [4.69, 9.17) is 10.8 Å². The fraction of sp³-hybridized carbons (Fsp3) is 0.200. The number of nitrogens with one attached hydrogen (secondary N) is 2. The summed E-state index contributed by atoms with van der Waals surface area (Å²) in [6.45, 7) is 1.67. The molecule has 2 aromatic heterocycles. The largest absolute Gasteiger partial charge is 0.510 e. The van der Waals surface area contributed by atoms with E-state index < -0.39 is 0 Å². The number of fused-ring (bicyclic) bond motifs is 2. The van der Waals surface area contributed by atoms with Crippen LogP contribution in [0, 0.1) is 10.8 Å². The van der Waals surface area contributed by atoms with Crippen LogP contribution in [0.5, 0.6) is 0 Å². The van der Waals surface area contributed by atoms with Gasteiger partial charge >= 0.3 is 0 Å². The molecule has 8 nitrogen and oxygen atoms in total. The number of aliphatic hydroxyl groups is 2. The highest BCUT2D eigenvalue weighted by molar-refractivity contribution is 7.20. The second-order valence-electron chi connectivity index (χ2n) is 8.51. The predicted molar refractivity (Wildman–Crippen MR) is 142 cm³/mol. The summed E-state index contributed by atoms with van der Waals surface area (Å²) < 4.78 is 2.05. The molecule has 2 aromatic carbocycles. The van der Waals surface area contributed by atoms with Crippen molar-refractivity contribution >= 4 is 65.9 Å². The van der Waals surface area contributed by atoms with Crippen molar-refractivity contribution in [2.75, 3.05) is 26.2 Å². The lowest BCUT2D eigenvalue weighted by Crippen LogP contribution is -2.33. The van der Waals surface area contributed by atoms with Gasteiger partial charge in [0.25, 0.3) is 0 Å². The topological polar surface area (TPSA) is 120 Å². The molecule has 0 spiro atoms. The minimum Gasteiger partial charge on any atom is -0.510 e. The third-order valence-electron chi connectivity index (χ3n) is 6.24. The van der Waals surface area contributed by atoms with Gasteiger partial charge in [-0.3, -0.25) is 10.8 Å². The van der Waals surface area contributed by atoms with Gasteiger partial charge in [-0.15, -0.1) is 22.7 Å². The number of hydrogen-bond donors (Lipinski definition) is 4. The minimum atomic E-state index is 0.167. The van der Waals surface area contributed by atoms with Crippen molar-refractivity contribution in [3.63, 3.8) is 0 Å². The number of benzene rings is 2. The van der Waals surface area contributed by atoms with E-state index >= 15 is 0 Å². The van der Waals surface area contributed by atoms with Crippen molar-refractivity contribution < 1.29 is 10.2 Å². The van der Waals surface area contributed by atoms with Crippen LogP contribution in [0.15, 0.2) is 60.0 Å². The molecule has 0 bridgehead atoms. The molecule has 4 heterocycles. The summed E-state index contributed by atoms with van der Waals surface area (Å²) in [6.07, 6.45) is 0.672. The van der Waals surface area contributed by atoms with E-state index in [1.807, 2.05) is 58.3 Å². The average Bonchev–Trinajstić information content (AvgIpc) is 3.58. The molecule has 176 valence electrons. The van der Waals surface area contributed by atoms with Gasteiger partial charge in [0, 0.05) is 13.1 Å². The van der Waals surface area contributed by atoms with Crippen LogP contribution in [-0.2, 0) is 0 Å². The smallest absolute Gasteiger partial charge is 0.135 e. The van der Waals surface area contributed by atoms with Crippen LogP contribution in [0.3, 0.4) is 0 Å². The highest BCUT2D eigenvalue weighted by Crippen LogP contribution is 2.34. The van der Waals surface area contributed by atoms with E-state index in [1.165, 1.54) is 22.7 Å². The lowest BCUT2D eigenvalue weighted by atomic mass is 10.2. The quantitative estimate of drug-likeness (QED) is 0.290. The Balaban J connectivity index is 1.09. The molecule has 4 N–H and O–H groups in total. The lowest BCUT2D eigenvalue weighted by molar-refractivity contribution is 0.321. The van der Waals surface area contributed by atoms with Gasteiger partial charge in [0.05, 0.1) is 44.7 Å². The van der Waals surface area contributed by atoms with Gasteiger partial charge in [0.15, 0.2) is 0 Å². The van der Waals surface area contributed by atoms with E-state index in [0.717, 1.165) is 20.4 Å². The summed E-state index contributed by atoms with van der Waals surface area (Å²) >= 11 is 2.95. The molecule has 0 fully saturated rings. The van der Waals surface area contributed by atoms with E-state index in [2.05, 4.69) is 9.97 Å². The van der Waals surface area contributed by atoms with Gasteiger partial charge in [-0.1, -0.05) is 24.3 Å². The summed E-state index contributed by atoms with van der Waals surface area (Å²) in [4.78, 5) is 12.9. The molecule has 6 rings (SSSR count). The third-order valence-corrected chi connectivity index (χ3v) is 8.34. The van der Waals surface area contributed by atoms with Gasteiger partial charge in [0.2, 0.25) is 0 Å². The molecule has 0 radical (unpaired) electrons. The summed E-state index contributed by atoms with van der Waals surface area (Å²) in [5.74, 6) is 0.879. The van der Waals surface area contributed by atoms with Crippen LogP contribution >= 0.6 is 22.7 Å². The van der Waals surface area contributed by atoms with Crippen molar-refractivity contribution in [3.05, 3.63) is 70.1 Å². The summed E-state index contributed by atoms with van der Waals surface area (Å²) in [6, 6.07) is 15.6. The molecule has 0 aliphatic carbocycles. The number of rotatable bonds is 6. The van der Waals surface area contributed by atoms with Crippen LogP contribution in [0.2, 0.25) is 0 Å². The number of hydrogen-bond acceptors (Lipinski definition) is 8. The molecule has 10 heteroatoms. The average molecular weight is 503 g/mol. The van der Waals surface area contributed by atoms with Gasteiger partial charge in [0.1, 0.15) is 33.2 Å². The zero-order valence-corrected chi connectivity index (χ0v) is 20.3. The molecule has 4 aromatic rings. The monoisotopic (exact) mass is 502 g/mol. The maximum absolute atomic E-state index is 10.6. The molecule has 0 atom stereocenters. The van der Waals surface area contributed by atoms with E-state index in [-0.39, 0.29) is 36.3 Å². The maximum Gasteiger partial charge on any atom is 0.135 e. The third kappa shape index (κ3) is 3.75. The molecule has 0 unspecified atom stereocenters. The lowest BCUT2D eigenvalue weighted by Gasteiger charge is -2.22. The van der Waals surface area contributed by atoms with Crippen LogP contribution in [0.4, 0.5) is 0 Å². The van der Waals surface area contributed by atoms with Gasteiger partial charge in [-0.2, -0.15) is 0 Å². The standard InChI is InChI=1S/C25H22N6O2S2/c26-22-20(24-28-14-6-1-3-8-18(14)34-24)16(32)12-30(22)10-5-11-31-13-17(33)21(23(31)27)25-29-15-7-2-4-9-19(15)35-25/h1-4,6-9,26-27,32-33H,5,10-13H2. The normalized spacial score (nSPS) is 16.7. The molecular formula is C25H22N6O2S2. The fourth-order valence-corrected chi connectivity index (χ4v) is 6.58. The first-order valence-corrected chi connectivity index (χ1v) is 12.9. The molecule has 0 saturated carbocycles. The van der Waals surface area contributed by atoms with E-state index in [1.54, 1.807) is 0 Å². The maximum atomic E-state index is 10.6.